The zero-order valence-corrected chi connectivity index (χ0v) is 19.3. The summed E-state index contributed by atoms with van der Waals surface area (Å²) in [4.78, 5) is 3.83. The third kappa shape index (κ3) is 4.21. The molecule has 0 unspecified atom stereocenters. The molecule has 0 spiro atoms. The number of hydrogen-bond acceptors (Lipinski definition) is 4. The van der Waals surface area contributed by atoms with Gasteiger partial charge in [0, 0.05) is 22.6 Å². The summed E-state index contributed by atoms with van der Waals surface area (Å²) in [6.07, 6.45) is -0.842. The van der Waals surface area contributed by atoms with Gasteiger partial charge in [-0.25, -0.2) is 8.42 Å². The van der Waals surface area contributed by atoms with Crippen molar-refractivity contribution in [1.82, 2.24) is 14.3 Å². The van der Waals surface area contributed by atoms with E-state index in [4.69, 9.17) is 11.6 Å². The Hall–Kier alpha value is -2.61. The Morgan fingerprint density at radius 1 is 1.30 bits per heavy atom. The second-order valence-electron chi connectivity index (χ2n) is 8.17. The smallest absolute Gasteiger partial charge is 0.335 e. The van der Waals surface area contributed by atoms with Gasteiger partial charge in [-0.3, -0.25) is 4.98 Å². The van der Waals surface area contributed by atoms with E-state index in [1.807, 2.05) is 23.6 Å². The molecule has 2 aromatic heterocycles. The molecule has 11 heteroatoms. The van der Waals surface area contributed by atoms with Crippen molar-refractivity contribution < 1.29 is 21.6 Å². The van der Waals surface area contributed by atoms with Crippen LogP contribution in [0, 0.1) is 18.3 Å². The predicted molar refractivity (Wildman–Crippen MR) is 118 cm³/mol. The SMILES string of the molecule is Cc1cc2c(C#N)c(-c3ccc(S(=O)(=O)N[C@@H](C)C(F)(F)F)cn3)n(C3CCC3)c2cc1Cl. The van der Waals surface area contributed by atoms with Gasteiger partial charge in [-0.2, -0.15) is 23.2 Å². The number of nitrogens with zero attached hydrogens (tertiary/aromatic N) is 3. The number of pyridine rings is 1. The molecule has 0 amide bonds. The third-order valence-corrected chi connectivity index (χ3v) is 7.88. The monoisotopic (exact) mass is 496 g/mol. The van der Waals surface area contributed by atoms with Crippen LogP contribution >= 0.6 is 11.6 Å². The molecule has 0 aliphatic heterocycles. The van der Waals surface area contributed by atoms with Crippen LogP contribution in [0.25, 0.3) is 22.3 Å². The van der Waals surface area contributed by atoms with Crippen molar-refractivity contribution in [1.29, 1.82) is 5.26 Å². The maximum atomic E-state index is 12.8. The maximum absolute atomic E-state index is 12.8. The Kier molecular flexibility index (Phi) is 5.93. The highest BCUT2D eigenvalue weighted by atomic mass is 35.5. The van der Waals surface area contributed by atoms with Crippen LogP contribution in [-0.4, -0.2) is 30.2 Å². The van der Waals surface area contributed by atoms with Gasteiger partial charge in [0.2, 0.25) is 10.0 Å². The van der Waals surface area contributed by atoms with Gasteiger partial charge in [0.15, 0.2) is 0 Å². The van der Waals surface area contributed by atoms with Crippen molar-refractivity contribution in [2.24, 2.45) is 0 Å². The number of aryl methyl sites for hydroxylation is 1. The Labute approximate surface area is 194 Å². The van der Waals surface area contributed by atoms with Crippen molar-refractivity contribution in [3.63, 3.8) is 0 Å². The molecule has 0 saturated heterocycles. The highest BCUT2D eigenvalue weighted by Gasteiger charge is 2.39. The molecule has 6 nitrogen and oxygen atoms in total. The lowest BCUT2D eigenvalue weighted by molar-refractivity contribution is -0.147. The van der Waals surface area contributed by atoms with E-state index in [1.54, 1.807) is 4.72 Å². The Morgan fingerprint density at radius 2 is 2.00 bits per heavy atom. The summed E-state index contributed by atoms with van der Waals surface area (Å²) in [7, 11) is -4.43. The molecule has 1 N–H and O–H groups in total. The number of aromatic nitrogens is 2. The molecule has 2 heterocycles. The predicted octanol–water partition coefficient (Wildman–Crippen LogP) is 5.49. The molecule has 1 aliphatic rings. The molecular formula is C22H20ClF3N4O2S. The van der Waals surface area contributed by atoms with Crippen LogP contribution < -0.4 is 4.72 Å². The Morgan fingerprint density at radius 3 is 2.52 bits per heavy atom. The maximum Gasteiger partial charge on any atom is 0.404 e. The van der Waals surface area contributed by atoms with Gasteiger partial charge in [-0.15, -0.1) is 0 Å². The van der Waals surface area contributed by atoms with Gasteiger partial charge in [-0.05, 0) is 62.9 Å². The van der Waals surface area contributed by atoms with Crippen molar-refractivity contribution in [2.45, 2.75) is 56.3 Å². The summed E-state index contributed by atoms with van der Waals surface area (Å²) in [5.74, 6) is 0. The second-order valence-corrected chi connectivity index (χ2v) is 10.3. The molecule has 1 aromatic carbocycles. The molecule has 1 aliphatic carbocycles. The zero-order chi connectivity index (χ0) is 24.1. The number of fused-ring (bicyclic) bond motifs is 1. The molecule has 0 bridgehead atoms. The largest absolute Gasteiger partial charge is 0.404 e. The normalized spacial score (nSPS) is 15.9. The van der Waals surface area contributed by atoms with E-state index >= 15 is 0 Å². The van der Waals surface area contributed by atoms with E-state index < -0.39 is 27.1 Å². The minimum atomic E-state index is -4.72. The van der Waals surface area contributed by atoms with Crippen LogP contribution in [0.5, 0.6) is 0 Å². The van der Waals surface area contributed by atoms with Gasteiger partial charge in [-0.1, -0.05) is 11.6 Å². The highest BCUT2D eigenvalue weighted by Crippen LogP contribution is 2.43. The van der Waals surface area contributed by atoms with Crippen molar-refractivity contribution >= 4 is 32.5 Å². The molecule has 1 saturated carbocycles. The number of nitrogens with one attached hydrogen (secondary N) is 1. The lowest BCUT2D eigenvalue weighted by atomic mass is 9.92. The Bertz CT molecular complexity index is 1370. The summed E-state index contributed by atoms with van der Waals surface area (Å²) < 4.78 is 66.8. The number of sulfonamides is 1. The van der Waals surface area contributed by atoms with Gasteiger partial charge in [0.05, 0.1) is 22.5 Å². The second kappa shape index (κ2) is 8.31. The van der Waals surface area contributed by atoms with E-state index in [0.29, 0.717) is 22.0 Å². The van der Waals surface area contributed by atoms with Crippen LogP contribution in [0.2, 0.25) is 5.02 Å². The number of alkyl halides is 3. The first-order valence-electron chi connectivity index (χ1n) is 10.2. The van der Waals surface area contributed by atoms with Gasteiger partial charge >= 0.3 is 6.18 Å². The Balaban J connectivity index is 1.82. The molecule has 174 valence electrons. The fourth-order valence-electron chi connectivity index (χ4n) is 3.87. The number of benzene rings is 1. The molecule has 1 atom stereocenters. The van der Waals surface area contributed by atoms with Gasteiger partial charge < -0.3 is 4.57 Å². The molecule has 0 radical (unpaired) electrons. The summed E-state index contributed by atoms with van der Waals surface area (Å²) in [5, 5.41) is 11.2. The first kappa shape index (κ1) is 23.5. The molecule has 4 rings (SSSR count). The number of hydrogen-bond donors (Lipinski definition) is 1. The quantitative estimate of drug-likeness (QED) is 0.506. The summed E-state index contributed by atoms with van der Waals surface area (Å²) in [5.41, 5.74) is 2.90. The van der Waals surface area contributed by atoms with E-state index in [-0.39, 0.29) is 6.04 Å². The van der Waals surface area contributed by atoms with Gasteiger partial charge in [0.1, 0.15) is 17.0 Å². The molecule has 3 aromatic rings. The third-order valence-electron chi connectivity index (χ3n) is 5.95. The number of rotatable bonds is 5. The average molecular weight is 497 g/mol. The topological polar surface area (TPSA) is 87.8 Å². The van der Waals surface area contributed by atoms with Gasteiger partial charge in [0.25, 0.3) is 0 Å². The van der Waals surface area contributed by atoms with Crippen LogP contribution in [0.4, 0.5) is 13.2 Å². The van der Waals surface area contributed by atoms with E-state index in [2.05, 4.69) is 11.1 Å². The van der Waals surface area contributed by atoms with Crippen LogP contribution in [0.3, 0.4) is 0 Å². The number of nitriles is 1. The lowest BCUT2D eigenvalue weighted by Gasteiger charge is -2.30. The van der Waals surface area contributed by atoms with E-state index in [1.165, 1.54) is 12.1 Å². The van der Waals surface area contributed by atoms with Crippen molar-refractivity contribution in [2.75, 3.05) is 0 Å². The first-order chi connectivity index (χ1) is 15.4. The zero-order valence-electron chi connectivity index (χ0n) is 17.7. The fraction of sp³-hybridized carbons (Fsp3) is 0.364. The summed E-state index contributed by atoms with van der Waals surface area (Å²) in [6, 6.07) is 6.39. The minimum Gasteiger partial charge on any atom is -0.335 e. The summed E-state index contributed by atoms with van der Waals surface area (Å²) in [6.45, 7) is 2.57. The summed E-state index contributed by atoms with van der Waals surface area (Å²) >= 11 is 6.36. The minimum absolute atomic E-state index is 0.142. The van der Waals surface area contributed by atoms with Crippen LogP contribution in [-0.2, 0) is 10.0 Å². The van der Waals surface area contributed by atoms with E-state index in [9.17, 15) is 26.9 Å². The number of halogens is 4. The highest BCUT2D eigenvalue weighted by molar-refractivity contribution is 7.89. The van der Waals surface area contributed by atoms with Crippen LogP contribution in [0.15, 0.2) is 35.4 Å². The first-order valence-corrected chi connectivity index (χ1v) is 12.1. The molecule has 1 fully saturated rings. The van der Waals surface area contributed by atoms with Crippen molar-refractivity contribution in [3.05, 3.63) is 46.6 Å². The standard InChI is InChI=1S/C22H20ClF3N4O2S/c1-12-8-16-17(10-27)21(30(14-4-3-5-14)20(16)9-18(12)23)19-7-6-15(11-28-19)33(31,32)29-13(2)22(24,25)26/h6-9,11,13-14,29H,3-5H2,1-2H3/t13-/m0/s1. The molecular weight excluding hydrogens is 477 g/mol. The lowest BCUT2D eigenvalue weighted by Crippen LogP contribution is -2.42. The fourth-order valence-corrected chi connectivity index (χ4v) is 5.21. The van der Waals surface area contributed by atoms with Crippen molar-refractivity contribution in [3.8, 4) is 17.5 Å². The average Bonchev–Trinajstić information content (AvgIpc) is 2.99. The van der Waals surface area contributed by atoms with E-state index in [0.717, 1.165) is 48.8 Å². The van der Waals surface area contributed by atoms with Crippen LogP contribution in [0.1, 0.15) is 43.4 Å². The molecule has 33 heavy (non-hydrogen) atoms.